The summed E-state index contributed by atoms with van der Waals surface area (Å²) in [5.41, 5.74) is 0. The van der Waals surface area contributed by atoms with Crippen LogP contribution in [0.4, 0.5) is 0 Å². The molecule has 6 fully saturated rings. The molecule has 0 spiro atoms. The van der Waals surface area contributed by atoms with Crippen LogP contribution in [-0.4, -0.2) is 352 Å². The number of rotatable bonds is 60. The smallest absolute Gasteiger partial charge is 0.220 e. The number of unbranched alkanes of at least 4 members (excludes halogenated alkanes) is 33. The van der Waals surface area contributed by atoms with Gasteiger partial charge in [0.25, 0.3) is 0 Å². The first-order valence-electron chi connectivity index (χ1n) is 45.0. The molecule has 6 aliphatic heterocycles. The summed E-state index contributed by atoms with van der Waals surface area (Å²) in [5, 5.41) is 209. The highest BCUT2D eigenvalue weighted by molar-refractivity contribution is 5.76. The third-order valence-corrected chi connectivity index (χ3v) is 23.7. The minimum absolute atomic E-state index is 0.151. The van der Waals surface area contributed by atoms with Crippen molar-refractivity contribution in [3.63, 3.8) is 0 Å². The van der Waals surface area contributed by atoms with Gasteiger partial charge in [0.05, 0.1) is 58.4 Å². The summed E-state index contributed by atoms with van der Waals surface area (Å²) in [5.74, 6) is -2.08. The lowest BCUT2D eigenvalue weighted by Gasteiger charge is -2.51. The van der Waals surface area contributed by atoms with Crippen molar-refractivity contribution in [2.45, 2.75) is 455 Å². The van der Waals surface area contributed by atoms with E-state index in [4.69, 9.17) is 56.8 Å². The van der Waals surface area contributed by atoms with Crippen molar-refractivity contribution in [1.29, 1.82) is 0 Å². The number of hydrogen-bond donors (Lipinski definition) is 21. The van der Waals surface area contributed by atoms with Crippen molar-refractivity contribution in [1.82, 2.24) is 16.0 Å². The summed E-state index contributed by atoms with van der Waals surface area (Å²) in [7, 11) is 0. The van der Waals surface area contributed by atoms with Crippen LogP contribution >= 0.6 is 0 Å². The second kappa shape index (κ2) is 58.4. The van der Waals surface area contributed by atoms with Gasteiger partial charge in [-0.05, 0) is 19.3 Å². The summed E-state index contributed by atoms with van der Waals surface area (Å²) < 4.78 is 72.1. The van der Waals surface area contributed by atoms with Gasteiger partial charge < -0.3 is 165 Å². The van der Waals surface area contributed by atoms with Crippen molar-refractivity contribution in [2.75, 3.05) is 46.2 Å². The molecule has 12 unspecified atom stereocenters. The number of aliphatic hydroxyl groups is 18. The average Bonchev–Trinajstić information content (AvgIpc) is 0.763. The Labute approximate surface area is 707 Å². The average molecular weight is 1730 g/mol. The number of amides is 3. The second-order valence-corrected chi connectivity index (χ2v) is 33.5. The molecule has 6 heterocycles. The molecule has 6 aliphatic rings. The van der Waals surface area contributed by atoms with E-state index in [2.05, 4.69) is 29.8 Å². The van der Waals surface area contributed by atoms with Gasteiger partial charge in [-0.15, -0.1) is 0 Å². The molecule has 3 amide bonds. The Morgan fingerprint density at radius 1 is 0.325 bits per heavy atom. The largest absolute Gasteiger partial charge is 0.394 e. The molecule has 0 aromatic rings. The van der Waals surface area contributed by atoms with E-state index in [1.165, 1.54) is 161 Å². The number of aliphatic hydroxyl groups excluding tert-OH is 18. The molecule has 0 aromatic carbocycles. The highest BCUT2D eigenvalue weighted by Crippen LogP contribution is 2.39. The Balaban J connectivity index is 1.14. The molecular weight excluding hydrogens is 1580 g/mol. The van der Waals surface area contributed by atoms with Gasteiger partial charge in [-0.3, -0.25) is 14.4 Å². The number of allylic oxidation sites excluding steroid dienone is 1. The van der Waals surface area contributed by atoms with E-state index in [9.17, 15) is 106 Å². The highest BCUT2D eigenvalue weighted by atomic mass is 16.8. The molecule has 0 radical (unpaired) electrons. The van der Waals surface area contributed by atoms with E-state index in [1.54, 1.807) is 6.08 Å². The predicted molar refractivity (Wildman–Crippen MR) is 431 cm³/mol. The fraction of sp³-hybridized carbons (Fsp3) is 0.940. The summed E-state index contributed by atoms with van der Waals surface area (Å²) in [4.78, 5) is 39.6. The van der Waals surface area contributed by atoms with Gasteiger partial charge in [-0.2, -0.15) is 0 Å². The molecular formula is C84H153N3O33. The van der Waals surface area contributed by atoms with Crippen LogP contribution < -0.4 is 16.0 Å². The molecule has 6 saturated heterocycles. The fourth-order valence-electron chi connectivity index (χ4n) is 16.5. The van der Waals surface area contributed by atoms with Gasteiger partial charge in [-0.1, -0.05) is 231 Å². The van der Waals surface area contributed by atoms with Crippen LogP contribution in [0, 0.1) is 0 Å². The Morgan fingerprint density at radius 2 is 0.642 bits per heavy atom. The van der Waals surface area contributed by atoms with Gasteiger partial charge in [0.1, 0.15) is 146 Å². The van der Waals surface area contributed by atoms with E-state index >= 15 is 0 Å². The van der Waals surface area contributed by atoms with Gasteiger partial charge in [0.15, 0.2) is 37.7 Å². The van der Waals surface area contributed by atoms with Crippen molar-refractivity contribution < 1.29 is 163 Å². The number of hydrogen-bond acceptors (Lipinski definition) is 33. The van der Waals surface area contributed by atoms with Crippen LogP contribution in [0.15, 0.2) is 12.2 Å². The lowest BCUT2D eigenvalue weighted by molar-refractivity contribution is -0.397. The topological polar surface area (TPSA) is 562 Å². The van der Waals surface area contributed by atoms with Crippen LogP contribution in [0.2, 0.25) is 0 Å². The molecule has 0 aromatic heterocycles. The zero-order valence-corrected chi connectivity index (χ0v) is 71.2. The van der Waals surface area contributed by atoms with Crippen LogP contribution in [0.3, 0.4) is 0 Å². The fourth-order valence-corrected chi connectivity index (χ4v) is 16.5. The van der Waals surface area contributed by atoms with Gasteiger partial charge in [0.2, 0.25) is 17.7 Å². The molecule has 32 atom stereocenters. The Kier molecular flexibility index (Phi) is 51.5. The quantitative estimate of drug-likeness (QED) is 0.0294. The van der Waals surface area contributed by atoms with Crippen LogP contribution in [0.5, 0.6) is 0 Å². The summed E-state index contributed by atoms with van der Waals surface area (Å²) >= 11 is 0. The van der Waals surface area contributed by atoms with E-state index in [1.807, 2.05) is 6.08 Å². The maximum Gasteiger partial charge on any atom is 0.220 e. The first-order chi connectivity index (χ1) is 57.8. The van der Waals surface area contributed by atoms with Gasteiger partial charge in [-0.25, -0.2) is 0 Å². The standard InChI is InChI=1S/C84H153N3O33/c1-5-7-9-11-13-15-17-19-20-21-22-23-24-25-26-27-28-30-32-34-36-38-40-42-60(97)87-52(53(96)41-39-37-35-33-31-29-18-16-14-12-10-8-6-2)49-109-81-71(106)69(104)75(58(47-92)114-81)117-84-73(108)78(76(59(48-93)115-84)118-79-61(85-50(3)94)66(101)63(98)54(43-88)110-79)120-80-62(86-51(4)95)67(102)74(57(46-91)113-80)116-83-72(107)77(65(100)56(45-90)112-83)119-82-70(105)68(103)64(99)55(44-89)111-82/h39,41,52-59,61-84,88-93,96,98-108H,5-38,40,42-49H2,1-4H3,(H,85,94)(H,86,95)(H,87,97)/b41-39+/t52-,53+,54?,55?,56?,57?,58?,59?,61?,62?,63-,64-,65-,66+,67+,68-,69+,70?,71?,72?,73?,74+,75+,76-,77-,78+,79-,80-,81+,82-,83-,84-/m0/s1. The summed E-state index contributed by atoms with van der Waals surface area (Å²) in [6, 6.07) is -4.75. The third kappa shape index (κ3) is 33.9. The molecule has 0 bridgehead atoms. The van der Waals surface area contributed by atoms with Crippen molar-refractivity contribution in [3.8, 4) is 0 Å². The SMILES string of the molecule is CCCCCCCCCCCCC/C=C/[C@@H](O)[C@H](CO[C@@H]1OC(CO)[C@@H](O[C@@H]2OC(CO)[C@H](O[C@@H]3OC(CO)[C@H](O)[C@H](O)C3NC(C)=O)[C@H](O[C@@H]3OC(CO)[C@@H](O[C@@H]4OC(CO)[C@H](O)[C@H](O[C@@H]5OC(CO)[C@H](O)[C@H](O)C5O)C4O)[C@H](O)C3NC(C)=O)C2O)[C@H](O)C1O)NC(=O)CCCCCCCCCCCCCCCCCCCCCCCCC. The lowest BCUT2D eigenvalue weighted by Crippen LogP contribution is -2.71. The maximum atomic E-state index is 13.7. The third-order valence-electron chi connectivity index (χ3n) is 23.7. The van der Waals surface area contributed by atoms with E-state index < -0.39 is 254 Å². The number of nitrogens with one attached hydrogen (secondary N) is 3. The van der Waals surface area contributed by atoms with E-state index in [0.29, 0.717) is 12.8 Å². The van der Waals surface area contributed by atoms with Crippen molar-refractivity contribution >= 4 is 17.7 Å². The summed E-state index contributed by atoms with van der Waals surface area (Å²) in [6.07, 6.45) is -11.0. The molecule has 702 valence electrons. The normalized spacial score (nSPS) is 35.5. The molecule has 0 saturated carbocycles. The number of ether oxygens (including phenoxy) is 12. The van der Waals surface area contributed by atoms with Gasteiger partial charge >= 0.3 is 0 Å². The molecule has 36 heteroatoms. The van der Waals surface area contributed by atoms with Crippen LogP contribution in [0.1, 0.15) is 259 Å². The predicted octanol–water partition coefficient (Wildman–Crippen LogP) is 0.697. The Hall–Kier alpha value is -3.05. The zero-order valence-electron chi connectivity index (χ0n) is 71.2. The van der Waals surface area contributed by atoms with E-state index in [0.717, 1.165) is 65.2 Å². The summed E-state index contributed by atoms with van der Waals surface area (Å²) in [6.45, 7) is -0.105. The Morgan fingerprint density at radius 3 is 1.08 bits per heavy atom. The second-order valence-electron chi connectivity index (χ2n) is 33.5. The monoisotopic (exact) mass is 1730 g/mol. The molecule has 36 nitrogen and oxygen atoms in total. The molecule has 21 N–H and O–H groups in total. The minimum atomic E-state index is -2.35. The van der Waals surface area contributed by atoms with E-state index in [-0.39, 0.29) is 12.3 Å². The molecule has 120 heavy (non-hydrogen) atoms. The molecule has 0 aliphatic carbocycles. The lowest BCUT2D eigenvalue weighted by atomic mass is 9.93. The zero-order chi connectivity index (χ0) is 87.6. The maximum absolute atomic E-state index is 13.7. The molecule has 6 rings (SSSR count). The highest BCUT2D eigenvalue weighted by Gasteiger charge is 2.59. The first-order valence-corrected chi connectivity index (χ1v) is 45.0. The number of carbonyl (C=O) groups is 3. The van der Waals surface area contributed by atoms with Crippen LogP contribution in [-0.2, 0) is 71.2 Å². The first kappa shape index (κ1) is 106. The Bertz CT molecular complexity index is 2740. The van der Waals surface area contributed by atoms with Crippen LogP contribution in [0.25, 0.3) is 0 Å². The van der Waals surface area contributed by atoms with Gasteiger partial charge in [0, 0.05) is 20.3 Å². The van der Waals surface area contributed by atoms with Crippen molar-refractivity contribution in [2.24, 2.45) is 0 Å². The minimum Gasteiger partial charge on any atom is -0.394 e. The van der Waals surface area contributed by atoms with Crippen molar-refractivity contribution in [3.05, 3.63) is 12.2 Å². The number of carbonyl (C=O) groups excluding carboxylic acids is 3.